The molecule has 0 spiro atoms. The number of amides is 1. The van der Waals surface area contributed by atoms with Crippen LogP contribution in [0.5, 0.6) is 5.75 Å². The normalized spacial score (nSPS) is 15.8. The molecule has 3 nitrogen and oxygen atoms in total. The molecule has 2 aromatic carbocycles. The first-order valence-electron chi connectivity index (χ1n) is 8.84. The van der Waals surface area contributed by atoms with E-state index in [9.17, 15) is 9.18 Å². The summed E-state index contributed by atoms with van der Waals surface area (Å²) in [6.07, 6.45) is 5.28. The summed E-state index contributed by atoms with van der Waals surface area (Å²) < 4.78 is 18.5. The van der Waals surface area contributed by atoms with Crippen LogP contribution in [-0.4, -0.2) is 13.0 Å². The van der Waals surface area contributed by atoms with E-state index >= 15 is 0 Å². The van der Waals surface area contributed by atoms with E-state index in [4.69, 9.17) is 4.74 Å². The minimum Gasteiger partial charge on any atom is -0.497 e. The molecule has 0 aliphatic heterocycles. The van der Waals surface area contributed by atoms with Crippen LogP contribution in [0.1, 0.15) is 49.3 Å². The number of halogens is 1. The zero-order valence-corrected chi connectivity index (χ0v) is 14.5. The van der Waals surface area contributed by atoms with Gasteiger partial charge in [-0.3, -0.25) is 4.79 Å². The molecule has 1 fully saturated rings. The number of nitrogens with one attached hydrogen (secondary N) is 1. The fourth-order valence-corrected chi connectivity index (χ4v) is 3.51. The maximum atomic E-state index is 13.3. The summed E-state index contributed by atoms with van der Waals surface area (Å²) in [4.78, 5) is 12.5. The Hall–Kier alpha value is -2.36. The first kappa shape index (κ1) is 17.5. The van der Waals surface area contributed by atoms with Crippen molar-refractivity contribution in [1.82, 2.24) is 5.32 Å². The molecule has 1 aliphatic rings. The van der Waals surface area contributed by atoms with Crippen LogP contribution in [0.4, 0.5) is 4.39 Å². The van der Waals surface area contributed by atoms with Crippen molar-refractivity contribution in [2.45, 2.75) is 38.1 Å². The van der Waals surface area contributed by atoms with E-state index in [1.54, 1.807) is 19.2 Å². The average Bonchev–Trinajstić information content (AvgIpc) is 3.14. The molecule has 3 rings (SSSR count). The number of hydrogen-bond acceptors (Lipinski definition) is 2. The van der Waals surface area contributed by atoms with Crippen LogP contribution in [0.15, 0.2) is 48.5 Å². The molecule has 0 bridgehead atoms. The molecule has 1 unspecified atom stereocenters. The summed E-state index contributed by atoms with van der Waals surface area (Å²) in [5, 5.41) is 3.13. The van der Waals surface area contributed by atoms with Crippen LogP contribution in [0, 0.1) is 11.7 Å². The SMILES string of the molecule is COc1ccc(C(NC(=O)CC2CCCC2)c2ccc(F)cc2)cc1. The summed E-state index contributed by atoms with van der Waals surface area (Å²) in [5.74, 6) is 1.02. The maximum Gasteiger partial charge on any atom is 0.221 e. The van der Waals surface area contributed by atoms with Crippen LogP contribution >= 0.6 is 0 Å². The number of benzene rings is 2. The van der Waals surface area contributed by atoms with Gasteiger partial charge in [0.25, 0.3) is 0 Å². The summed E-state index contributed by atoms with van der Waals surface area (Å²) >= 11 is 0. The van der Waals surface area contributed by atoms with Gasteiger partial charge in [0, 0.05) is 6.42 Å². The maximum absolute atomic E-state index is 13.3. The number of ether oxygens (including phenoxy) is 1. The molecule has 0 saturated heterocycles. The Labute approximate surface area is 148 Å². The van der Waals surface area contributed by atoms with E-state index < -0.39 is 0 Å². The fourth-order valence-electron chi connectivity index (χ4n) is 3.51. The number of methoxy groups -OCH3 is 1. The molecular formula is C21H24FNO2. The van der Waals surface area contributed by atoms with Gasteiger partial charge in [-0.05, 0) is 54.2 Å². The Morgan fingerprint density at radius 1 is 1.08 bits per heavy atom. The summed E-state index contributed by atoms with van der Waals surface area (Å²) in [6, 6.07) is 13.6. The third-order valence-electron chi connectivity index (χ3n) is 4.91. The van der Waals surface area contributed by atoms with Gasteiger partial charge in [0.05, 0.1) is 13.2 Å². The van der Waals surface area contributed by atoms with E-state index in [-0.39, 0.29) is 17.8 Å². The Balaban J connectivity index is 1.80. The first-order valence-corrected chi connectivity index (χ1v) is 8.84. The van der Waals surface area contributed by atoms with E-state index in [1.807, 2.05) is 24.3 Å². The van der Waals surface area contributed by atoms with Crippen molar-refractivity contribution in [3.05, 3.63) is 65.5 Å². The highest BCUT2D eigenvalue weighted by Gasteiger charge is 2.22. The lowest BCUT2D eigenvalue weighted by Crippen LogP contribution is -2.30. The lowest BCUT2D eigenvalue weighted by Gasteiger charge is -2.21. The Morgan fingerprint density at radius 2 is 1.64 bits per heavy atom. The van der Waals surface area contributed by atoms with Gasteiger partial charge in [-0.25, -0.2) is 4.39 Å². The number of rotatable bonds is 6. The highest BCUT2D eigenvalue weighted by Crippen LogP contribution is 2.29. The van der Waals surface area contributed by atoms with Crippen LogP contribution in [0.25, 0.3) is 0 Å². The number of hydrogen-bond donors (Lipinski definition) is 1. The van der Waals surface area contributed by atoms with Crippen molar-refractivity contribution < 1.29 is 13.9 Å². The predicted octanol–water partition coefficient (Wildman–Crippen LogP) is 4.62. The quantitative estimate of drug-likeness (QED) is 0.832. The Morgan fingerprint density at radius 3 is 2.20 bits per heavy atom. The number of carbonyl (C=O) groups excluding carboxylic acids is 1. The molecule has 0 aromatic heterocycles. The predicted molar refractivity (Wildman–Crippen MR) is 96.0 cm³/mol. The van der Waals surface area contributed by atoms with Gasteiger partial charge in [0.1, 0.15) is 11.6 Å². The van der Waals surface area contributed by atoms with E-state index in [1.165, 1.54) is 25.0 Å². The Bertz CT molecular complexity index is 691. The molecule has 1 amide bonds. The topological polar surface area (TPSA) is 38.3 Å². The second kappa shape index (κ2) is 8.15. The first-order chi connectivity index (χ1) is 12.2. The fraction of sp³-hybridized carbons (Fsp3) is 0.381. The molecule has 0 heterocycles. The van der Waals surface area contributed by atoms with E-state index in [0.717, 1.165) is 29.7 Å². The monoisotopic (exact) mass is 341 g/mol. The lowest BCUT2D eigenvalue weighted by atomic mass is 9.97. The van der Waals surface area contributed by atoms with Crippen molar-refractivity contribution in [2.24, 2.45) is 5.92 Å². The Kier molecular flexibility index (Phi) is 5.69. The van der Waals surface area contributed by atoms with Gasteiger partial charge in [-0.15, -0.1) is 0 Å². The molecule has 1 atom stereocenters. The van der Waals surface area contributed by atoms with Gasteiger partial charge in [-0.1, -0.05) is 37.1 Å². The third-order valence-corrected chi connectivity index (χ3v) is 4.91. The highest BCUT2D eigenvalue weighted by atomic mass is 19.1. The molecular weight excluding hydrogens is 317 g/mol. The lowest BCUT2D eigenvalue weighted by molar-refractivity contribution is -0.122. The van der Waals surface area contributed by atoms with Crippen LogP contribution < -0.4 is 10.1 Å². The molecule has 1 N–H and O–H groups in total. The van der Waals surface area contributed by atoms with Gasteiger partial charge in [-0.2, -0.15) is 0 Å². The minimum atomic E-state index is -0.291. The second-order valence-electron chi connectivity index (χ2n) is 6.68. The van der Waals surface area contributed by atoms with Crippen molar-refractivity contribution >= 4 is 5.91 Å². The van der Waals surface area contributed by atoms with Crippen molar-refractivity contribution in [3.8, 4) is 5.75 Å². The van der Waals surface area contributed by atoms with E-state index in [2.05, 4.69) is 5.32 Å². The summed E-state index contributed by atoms with van der Waals surface area (Å²) in [7, 11) is 1.62. The van der Waals surface area contributed by atoms with Crippen LogP contribution in [-0.2, 0) is 4.79 Å². The molecule has 4 heteroatoms. The van der Waals surface area contributed by atoms with E-state index in [0.29, 0.717) is 12.3 Å². The standard InChI is InChI=1S/C21H24FNO2/c1-25-19-12-8-17(9-13-19)21(16-6-10-18(22)11-7-16)23-20(24)14-15-4-2-3-5-15/h6-13,15,21H,2-5,14H2,1H3,(H,23,24). The van der Waals surface area contributed by atoms with Gasteiger partial charge >= 0.3 is 0 Å². The van der Waals surface area contributed by atoms with Crippen molar-refractivity contribution in [2.75, 3.05) is 7.11 Å². The van der Waals surface area contributed by atoms with Crippen molar-refractivity contribution in [3.63, 3.8) is 0 Å². The second-order valence-corrected chi connectivity index (χ2v) is 6.68. The molecule has 1 aliphatic carbocycles. The van der Waals surface area contributed by atoms with Crippen LogP contribution in [0.2, 0.25) is 0 Å². The third kappa shape index (κ3) is 4.59. The molecule has 2 aromatic rings. The molecule has 1 saturated carbocycles. The molecule has 25 heavy (non-hydrogen) atoms. The van der Waals surface area contributed by atoms with Crippen molar-refractivity contribution in [1.29, 1.82) is 0 Å². The smallest absolute Gasteiger partial charge is 0.221 e. The zero-order chi connectivity index (χ0) is 17.6. The van der Waals surface area contributed by atoms with Gasteiger partial charge < -0.3 is 10.1 Å². The van der Waals surface area contributed by atoms with Gasteiger partial charge in [0.15, 0.2) is 0 Å². The molecule has 132 valence electrons. The van der Waals surface area contributed by atoms with Gasteiger partial charge in [0.2, 0.25) is 5.91 Å². The zero-order valence-electron chi connectivity index (χ0n) is 14.5. The van der Waals surface area contributed by atoms with Crippen LogP contribution in [0.3, 0.4) is 0 Å². The molecule has 0 radical (unpaired) electrons. The minimum absolute atomic E-state index is 0.0528. The largest absolute Gasteiger partial charge is 0.497 e. The average molecular weight is 341 g/mol. The highest BCUT2D eigenvalue weighted by molar-refractivity contribution is 5.77. The summed E-state index contributed by atoms with van der Waals surface area (Å²) in [5.41, 5.74) is 1.82. The number of carbonyl (C=O) groups is 1. The summed E-state index contributed by atoms with van der Waals surface area (Å²) in [6.45, 7) is 0.